The highest BCUT2D eigenvalue weighted by molar-refractivity contribution is 5.99. The molecule has 4 rings (SSSR count). The number of rotatable bonds is 8. The smallest absolute Gasteiger partial charge is 0.251 e. The molecule has 2 aromatic carbocycles. The zero-order valence-electron chi connectivity index (χ0n) is 23.9. The van der Waals surface area contributed by atoms with Crippen molar-refractivity contribution in [3.8, 4) is 11.1 Å². The Morgan fingerprint density at radius 3 is 2.34 bits per heavy atom. The first-order valence-corrected chi connectivity index (χ1v) is 13.6. The van der Waals surface area contributed by atoms with Gasteiger partial charge in [-0.05, 0) is 112 Å². The summed E-state index contributed by atoms with van der Waals surface area (Å²) in [6.45, 7) is 13.7. The van der Waals surface area contributed by atoms with E-state index in [1.165, 1.54) is 5.56 Å². The number of dihydropyridines is 1. The zero-order valence-corrected chi connectivity index (χ0v) is 23.9. The first-order chi connectivity index (χ1) is 18.1. The van der Waals surface area contributed by atoms with Gasteiger partial charge in [0.2, 0.25) is 0 Å². The van der Waals surface area contributed by atoms with Crippen LogP contribution in [0.1, 0.15) is 48.2 Å². The molecular formula is C32H43N5O. The lowest BCUT2D eigenvalue weighted by atomic mass is 9.94. The highest BCUT2D eigenvalue weighted by atomic mass is 16.1. The van der Waals surface area contributed by atoms with Gasteiger partial charge in [-0.3, -0.25) is 4.79 Å². The summed E-state index contributed by atoms with van der Waals surface area (Å²) >= 11 is 0. The number of nitrogens with one attached hydrogen (secondary N) is 3. The predicted molar refractivity (Wildman–Crippen MR) is 159 cm³/mol. The molecule has 6 heteroatoms. The molecule has 2 heterocycles. The van der Waals surface area contributed by atoms with Gasteiger partial charge in [0.05, 0.1) is 0 Å². The topological polar surface area (TPSA) is 59.6 Å². The van der Waals surface area contributed by atoms with E-state index in [9.17, 15) is 4.79 Å². The van der Waals surface area contributed by atoms with Crippen molar-refractivity contribution in [1.82, 2.24) is 20.9 Å². The van der Waals surface area contributed by atoms with Gasteiger partial charge in [-0.25, -0.2) is 0 Å². The molecule has 6 nitrogen and oxygen atoms in total. The maximum Gasteiger partial charge on any atom is 0.251 e. The van der Waals surface area contributed by atoms with Gasteiger partial charge in [-0.2, -0.15) is 0 Å². The van der Waals surface area contributed by atoms with Gasteiger partial charge in [0, 0.05) is 48.8 Å². The SMILES string of the molecule is C=C1NC(C)=CC(C)=C1CNC(=O)c1cc(-c2ccc(CN(C)C)cc2)cc(N(C)C2CCNCC2)c1C. The first kappa shape index (κ1) is 27.7. The number of allylic oxidation sites excluding steroid dienone is 3. The van der Waals surface area contributed by atoms with E-state index < -0.39 is 0 Å². The number of nitrogens with zero attached hydrogens (tertiary/aromatic N) is 2. The molecule has 38 heavy (non-hydrogen) atoms. The van der Waals surface area contributed by atoms with Crippen LogP contribution in [0.5, 0.6) is 0 Å². The van der Waals surface area contributed by atoms with Crippen molar-refractivity contribution in [2.24, 2.45) is 0 Å². The average Bonchev–Trinajstić information content (AvgIpc) is 2.88. The van der Waals surface area contributed by atoms with Crippen LogP contribution in [-0.4, -0.2) is 57.6 Å². The van der Waals surface area contributed by atoms with Crippen LogP contribution in [0, 0.1) is 6.92 Å². The van der Waals surface area contributed by atoms with Crippen molar-refractivity contribution in [1.29, 1.82) is 0 Å². The van der Waals surface area contributed by atoms with Gasteiger partial charge in [0.25, 0.3) is 5.91 Å². The van der Waals surface area contributed by atoms with E-state index in [-0.39, 0.29) is 5.91 Å². The van der Waals surface area contributed by atoms with E-state index in [4.69, 9.17) is 0 Å². The number of hydrogen-bond acceptors (Lipinski definition) is 5. The standard InChI is InChI=1S/C32H43N5O/c1-21-16-22(2)35-24(4)30(21)19-34-32(38)29-17-27(26-10-8-25(9-11-26)20-36(5)6)18-31(23(29)3)37(7)28-12-14-33-15-13-28/h8-11,16-18,28,33,35H,4,12-15,19-20H2,1-3,5-7H3,(H,34,38). The Bertz CT molecular complexity index is 1250. The fourth-order valence-electron chi connectivity index (χ4n) is 5.54. The van der Waals surface area contributed by atoms with Gasteiger partial charge in [-0.15, -0.1) is 0 Å². The monoisotopic (exact) mass is 513 g/mol. The maximum atomic E-state index is 13.7. The molecule has 0 unspecified atom stereocenters. The van der Waals surface area contributed by atoms with E-state index in [0.717, 1.165) is 83.0 Å². The van der Waals surface area contributed by atoms with Crippen molar-refractivity contribution >= 4 is 11.6 Å². The molecular weight excluding hydrogens is 470 g/mol. The molecule has 0 saturated carbocycles. The second-order valence-corrected chi connectivity index (χ2v) is 11.0. The first-order valence-electron chi connectivity index (χ1n) is 13.6. The van der Waals surface area contributed by atoms with E-state index in [1.54, 1.807) is 0 Å². The fraction of sp³-hybridized carbons (Fsp3) is 0.406. The van der Waals surface area contributed by atoms with Gasteiger partial charge >= 0.3 is 0 Å². The van der Waals surface area contributed by atoms with E-state index >= 15 is 0 Å². The lowest BCUT2D eigenvalue weighted by Crippen LogP contribution is -2.41. The minimum atomic E-state index is -0.0621. The molecule has 0 bridgehead atoms. The van der Waals surface area contributed by atoms with Crippen LogP contribution in [-0.2, 0) is 6.54 Å². The summed E-state index contributed by atoms with van der Waals surface area (Å²) in [6.07, 6.45) is 4.28. The molecule has 0 aliphatic carbocycles. The van der Waals surface area contributed by atoms with Crippen LogP contribution in [0.15, 0.2) is 71.6 Å². The molecule has 0 atom stereocenters. The molecule has 2 aliphatic rings. The number of piperidine rings is 1. The Kier molecular flexibility index (Phi) is 8.75. The summed E-state index contributed by atoms with van der Waals surface area (Å²) in [4.78, 5) is 18.2. The molecule has 0 spiro atoms. The normalized spacial score (nSPS) is 16.4. The number of benzene rings is 2. The number of hydrogen-bond donors (Lipinski definition) is 3. The second-order valence-electron chi connectivity index (χ2n) is 11.0. The number of amides is 1. The van der Waals surface area contributed by atoms with Gasteiger partial charge in [0.15, 0.2) is 0 Å². The quantitative estimate of drug-likeness (QED) is 0.465. The second kappa shape index (κ2) is 12.0. The molecule has 202 valence electrons. The van der Waals surface area contributed by atoms with Crippen molar-refractivity contribution in [3.05, 3.63) is 88.3 Å². The molecule has 1 saturated heterocycles. The average molecular weight is 514 g/mol. The van der Waals surface area contributed by atoms with E-state index in [0.29, 0.717) is 12.6 Å². The molecule has 0 radical (unpaired) electrons. The van der Waals surface area contributed by atoms with Crippen molar-refractivity contribution in [2.75, 3.05) is 45.7 Å². The molecule has 0 aromatic heterocycles. The van der Waals surface area contributed by atoms with Gasteiger partial charge in [-0.1, -0.05) is 30.8 Å². The van der Waals surface area contributed by atoms with Crippen molar-refractivity contribution in [2.45, 2.75) is 46.2 Å². The molecule has 2 aromatic rings. The number of anilines is 1. The van der Waals surface area contributed by atoms with Gasteiger partial charge in [0.1, 0.15) is 0 Å². The third-order valence-electron chi connectivity index (χ3n) is 7.69. The van der Waals surface area contributed by atoms with Gasteiger partial charge < -0.3 is 25.8 Å². The molecule has 2 aliphatic heterocycles. The summed E-state index contributed by atoms with van der Waals surface area (Å²) in [7, 11) is 6.33. The van der Waals surface area contributed by atoms with E-state index in [2.05, 4.69) is 104 Å². The lowest BCUT2D eigenvalue weighted by Gasteiger charge is -2.35. The Balaban J connectivity index is 1.68. The minimum absolute atomic E-state index is 0.0621. The molecule has 3 N–H and O–H groups in total. The van der Waals surface area contributed by atoms with Crippen LogP contribution in [0.3, 0.4) is 0 Å². The predicted octanol–water partition coefficient (Wildman–Crippen LogP) is 4.98. The minimum Gasteiger partial charge on any atom is -0.371 e. The molecule has 1 amide bonds. The van der Waals surface area contributed by atoms with Crippen LogP contribution in [0.25, 0.3) is 11.1 Å². The maximum absolute atomic E-state index is 13.7. The third kappa shape index (κ3) is 6.37. The Morgan fingerprint density at radius 1 is 1.03 bits per heavy atom. The van der Waals surface area contributed by atoms with Crippen LogP contribution >= 0.6 is 0 Å². The third-order valence-corrected chi connectivity index (χ3v) is 7.69. The highest BCUT2D eigenvalue weighted by Crippen LogP contribution is 2.33. The Labute approximate surface area is 228 Å². The van der Waals surface area contributed by atoms with Crippen LogP contribution in [0.4, 0.5) is 5.69 Å². The summed E-state index contributed by atoms with van der Waals surface area (Å²) in [5, 5.41) is 9.93. The van der Waals surface area contributed by atoms with E-state index in [1.807, 2.05) is 13.0 Å². The van der Waals surface area contributed by atoms with Crippen LogP contribution in [0.2, 0.25) is 0 Å². The highest BCUT2D eigenvalue weighted by Gasteiger charge is 2.23. The fourth-order valence-corrected chi connectivity index (χ4v) is 5.54. The summed E-state index contributed by atoms with van der Waals surface area (Å²) in [5.74, 6) is -0.0621. The van der Waals surface area contributed by atoms with Crippen molar-refractivity contribution in [3.63, 3.8) is 0 Å². The largest absolute Gasteiger partial charge is 0.371 e. The summed E-state index contributed by atoms with van der Waals surface area (Å²) < 4.78 is 0. The molecule has 1 fully saturated rings. The summed E-state index contributed by atoms with van der Waals surface area (Å²) in [6, 6.07) is 13.4. The van der Waals surface area contributed by atoms with Crippen LogP contribution < -0.4 is 20.9 Å². The Morgan fingerprint density at radius 2 is 1.71 bits per heavy atom. The zero-order chi connectivity index (χ0) is 27.4. The number of carbonyl (C=O) groups excluding carboxylic acids is 1. The Hall–Kier alpha value is -3.35. The number of carbonyl (C=O) groups is 1. The van der Waals surface area contributed by atoms with Crippen molar-refractivity contribution < 1.29 is 4.79 Å². The summed E-state index contributed by atoms with van der Waals surface area (Å²) in [5.41, 5.74) is 10.4. The lowest BCUT2D eigenvalue weighted by molar-refractivity contribution is 0.0956.